The number of carbonyl (C=O) groups is 1. The summed E-state index contributed by atoms with van der Waals surface area (Å²) in [7, 11) is 0. The average molecular weight is 279 g/mol. The number of ether oxygens (including phenoxy) is 1. The van der Waals surface area contributed by atoms with Crippen LogP contribution in [0.4, 0.5) is 0 Å². The third-order valence-corrected chi connectivity index (χ3v) is 2.88. The van der Waals surface area contributed by atoms with Gasteiger partial charge in [0.05, 0.1) is 13.2 Å². The van der Waals surface area contributed by atoms with Gasteiger partial charge >= 0.3 is 5.97 Å². The second-order valence-electron chi connectivity index (χ2n) is 3.61. The molecule has 0 amide bonds. The van der Waals surface area contributed by atoms with E-state index in [-0.39, 0.29) is 5.97 Å². The van der Waals surface area contributed by atoms with Gasteiger partial charge in [0.1, 0.15) is 0 Å². The average Bonchev–Trinajstić information content (AvgIpc) is 2.22. The van der Waals surface area contributed by atoms with Crippen molar-refractivity contribution in [2.24, 2.45) is 0 Å². The van der Waals surface area contributed by atoms with Crippen molar-refractivity contribution in [1.82, 2.24) is 9.80 Å². The second-order valence-corrected chi connectivity index (χ2v) is 4.40. The Morgan fingerprint density at radius 2 is 1.87 bits per heavy atom. The molecule has 5 heteroatoms. The molecule has 0 atom stereocenters. The quantitative estimate of drug-likeness (QED) is 0.544. The molecule has 0 N–H and O–H groups in total. The second kappa shape index (κ2) is 7.19. The number of hydrogen-bond acceptors (Lipinski definition) is 4. The SMILES string of the molecule is CCOC(=O)CN1CCN(CCBr)CC1. The molecule has 0 aromatic heterocycles. The molecule has 1 aliphatic heterocycles. The van der Waals surface area contributed by atoms with Crippen molar-refractivity contribution in [3.8, 4) is 0 Å². The van der Waals surface area contributed by atoms with E-state index in [1.807, 2.05) is 6.92 Å². The van der Waals surface area contributed by atoms with Crippen LogP contribution in [0.2, 0.25) is 0 Å². The standard InChI is InChI=1S/C10H19BrN2O2/c1-2-15-10(14)9-13-7-5-12(4-3-11)6-8-13/h2-9H2,1H3. The summed E-state index contributed by atoms with van der Waals surface area (Å²) in [6.45, 7) is 7.87. The molecule has 0 aromatic rings. The maximum atomic E-state index is 11.2. The van der Waals surface area contributed by atoms with E-state index in [0.29, 0.717) is 13.2 Å². The van der Waals surface area contributed by atoms with Crippen LogP contribution in [0.25, 0.3) is 0 Å². The zero-order valence-electron chi connectivity index (χ0n) is 9.25. The fraction of sp³-hybridized carbons (Fsp3) is 0.900. The summed E-state index contributed by atoms with van der Waals surface area (Å²) in [6, 6.07) is 0. The van der Waals surface area contributed by atoms with Crippen LogP contribution in [-0.2, 0) is 9.53 Å². The van der Waals surface area contributed by atoms with Gasteiger partial charge in [0.25, 0.3) is 0 Å². The Morgan fingerprint density at radius 1 is 1.27 bits per heavy atom. The molecule has 0 unspecified atom stereocenters. The Morgan fingerprint density at radius 3 is 2.40 bits per heavy atom. The third-order valence-electron chi connectivity index (χ3n) is 2.52. The monoisotopic (exact) mass is 278 g/mol. The van der Waals surface area contributed by atoms with Crippen molar-refractivity contribution in [3.05, 3.63) is 0 Å². The van der Waals surface area contributed by atoms with Crippen LogP contribution in [0.5, 0.6) is 0 Å². The minimum absolute atomic E-state index is 0.105. The number of halogens is 1. The van der Waals surface area contributed by atoms with E-state index in [9.17, 15) is 4.79 Å². The van der Waals surface area contributed by atoms with Crippen molar-refractivity contribution in [1.29, 1.82) is 0 Å². The normalized spacial score (nSPS) is 19.1. The number of esters is 1. The van der Waals surface area contributed by atoms with Crippen molar-refractivity contribution in [2.45, 2.75) is 6.92 Å². The zero-order valence-corrected chi connectivity index (χ0v) is 10.8. The number of alkyl halides is 1. The molecule has 1 fully saturated rings. The van der Waals surface area contributed by atoms with Gasteiger partial charge in [0.2, 0.25) is 0 Å². The Kier molecular flexibility index (Phi) is 6.20. The van der Waals surface area contributed by atoms with Gasteiger partial charge in [-0.05, 0) is 6.92 Å². The van der Waals surface area contributed by atoms with Crippen LogP contribution in [-0.4, -0.2) is 67.0 Å². The van der Waals surface area contributed by atoms with Gasteiger partial charge in [-0.3, -0.25) is 14.6 Å². The first-order valence-electron chi connectivity index (χ1n) is 5.42. The van der Waals surface area contributed by atoms with Crippen LogP contribution >= 0.6 is 15.9 Å². The molecule has 1 aliphatic rings. The van der Waals surface area contributed by atoms with Gasteiger partial charge in [0.15, 0.2) is 0 Å². The van der Waals surface area contributed by atoms with Gasteiger partial charge in [-0.25, -0.2) is 0 Å². The lowest BCUT2D eigenvalue weighted by Gasteiger charge is -2.33. The van der Waals surface area contributed by atoms with Crippen molar-refractivity contribution >= 4 is 21.9 Å². The maximum absolute atomic E-state index is 11.2. The number of piperazine rings is 1. The summed E-state index contributed by atoms with van der Waals surface area (Å²) in [5.74, 6) is -0.105. The smallest absolute Gasteiger partial charge is 0.320 e. The molecule has 4 nitrogen and oxygen atoms in total. The van der Waals surface area contributed by atoms with E-state index in [0.717, 1.165) is 38.1 Å². The van der Waals surface area contributed by atoms with Crippen LogP contribution in [0.15, 0.2) is 0 Å². The number of nitrogens with zero attached hydrogens (tertiary/aromatic N) is 2. The molecule has 0 bridgehead atoms. The molecule has 0 spiro atoms. The number of carbonyl (C=O) groups excluding carboxylic acids is 1. The van der Waals surface area contributed by atoms with Crippen LogP contribution in [0.3, 0.4) is 0 Å². The van der Waals surface area contributed by atoms with Crippen LogP contribution < -0.4 is 0 Å². The lowest BCUT2D eigenvalue weighted by atomic mass is 10.3. The fourth-order valence-corrected chi connectivity index (χ4v) is 2.18. The maximum Gasteiger partial charge on any atom is 0.320 e. The highest BCUT2D eigenvalue weighted by atomic mass is 79.9. The van der Waals surface area contributed by atoms with E-state index >= 15 is 0 Å². The molecule has 0 aromatic carbocycles. The van der Waals surface area contributed by atoms with E-state index in [2.05, 4.69) is 25.7 Å². The van der Waals surface area contributed by atoms with Crippen LogP contribution in [0, 0.1) is 0 Å². The van der Waals surface area contributed by atoms with Gasteiger partial charge < -0.3 is 4.74 Å². The molecule has 15 heavy (non-hydrogen) atoms. The first-order chi connectivity index (χ1) is 7.26. The van der Waals surface area contributed by atoms with Gasteiger partial charge in [-0.2, -0.15) is 0 Å². The number of hydrogen-bond donors (Lipinski definition) is 0. The molecule has 88 valence electrons. The van der Waals surface area contributed by atoms with Crippen molar-refractivity contribution in [2.75, 3.05) is 51.2 Å². The largest absolute Gasteiger partial charge is 0.465 e. The number of rotatable bonds is 5. The van der Waals surface area contributed by atoms with E-state index in [1.165, 1.54) is 0 Å². The molecule has 0 radical (unpaired) electrons. The third kappa shape index (κ3) is 4.95. The zero-order chi connectivity index (χ0) is 11.1. The minimum Gasteiger partial charge on any atom is -0.465 e. The first-order valence-corrected chi connectivity index (χ1v) is 6.54. The van der Waals surface area contributed by atoms with E-state index in [1.54, 1.807) is 0 Å². The summed E-state index contributed by atoms with van der Waals surface area (Å²) in [5.41, 5.74) is 0. The predicted molar refractivity (Wildman–Crippen MR) is 63.3 cm³/mol. The highest BCUT2D eigenvalue weighted by molar-refractivity contribution is 9.09. The van der Waals surface area contributed by atoms with Crippen LogP contribution in [0.1, 0.15) is 6.92 Å². The molecule has 1 heterocycles. The highest BCUT2D eigenvalue weighted by Gasteiger charge is 2.18. The summed E-state index contributed by atoms with van der Waals surface area (Å²) in [6.07, 6.45) is 0. The van der Waals surface area contributed by atoms with E-state index in [4.69, 9.17) is 4.74 Å². The van der Waals surface area contributed by atoms with Gasteiger partial charge in [-0.1, -0.05) is 15.9 Å². The van der Waals surface area contributed by atoms with Crippen molar-refractivity contribution in [3.63, 3.8) is 0 Å². The highest BCUT2D eigenvalue weighted by Crippen LogP contribution is 2.02. The summed E-state index contributed by atoms with van der Waals surface area (Å²) < 4.78 is 4.92. The topological polar surface area (TPSA) is 32.8 Å². The van der Waals surface area contributed by atoms with E-state index < -0.39 is 0 Å². The Labute approximate surface area is 99.7 Å². The summed E-state index contributed by atoms with van der Waals surface area (Å²) in [5, 5.41) is 1.02. The fourth-order valence-electron chi connectivity index (χ4n) is 1.68. The molecule has 1 rings (SSSR count). The predicted octanol–water partition coefficient (Wildman–Crippen LogP) is 0.562. The molecule has 0 saturated carbocycles. The molecule has 1 saturated heterocycles. The lowest BCUT2D eigenvalue weighted by Crippen LogP contribution is -2.48. The first kappa shape index (κ1) is 12.9. The van der Waals surface area contributed by atoms with Gasteiger partial charge in [0, 0.05) is 38.1 Å². The summed E-state index contributed by atoms with van der Waals surface area (Å²) >= 11 is 3.43. The van der Waals surface area contributed by atoms with Gasteiger partial charge in [-0.15, -0.1) is 0 Å². The Balaban J connectivity index is 2.16. The lowest BCUT2D eigenvalue weighted by molar-refractivity contribution is -0.144. The Hall–Kier alpha value is -0.130. The minimum atomic E-state index is -0.105. The Bertz CT molecular complexity index is 194. The summed E-state index contributed by atoms with van der Waals surface area (Å²) in [4.78, 5) is 15.8. The molecular weight excluding hydrogens is 260 g/mol. The van der Waals surface area contributed by atoms with Crippen molar-refractivity contribution < 1.29 is 9.53 Å². The molecular formula is C10H19BrN2O2. The molecule has 0 aliphatic carbocycles.